The van der Waals surface area contributed by atoms with Gasteiger partial charge in [-0.1, -0.05) is 5.70 Å². The van der Waals surface area contributed by atoms with E-state index < -0.39 is 0 Å². The second kappa shape index (κ2) is 7.52. The van der Waals surface area contributed by atoms with Crippen LogP contribution in [0, 0.1) is 68.3 Å². The maximum atomic E-state index is 3.87. The van der Waals surface area contributed by atoms with Gasteiger partial charge in [0.2, 0.25) is 0 Å². The zero-order valence-electron chi connectivity index (χ0n) is 7.46. The molecule has 1 aliphatic heterocycles. The molecule has 1 rings (SSSR count). The molecule has 0 spiro atoms. The van der Waals surface area contributed by atoms with E-state index in [0.717, 1.165) is 5.70 Å². The monoisotopic (exact) mass is 610 g/mol. The molecule has 12 heavy (non-hydrogen) atoms. The molecule has 0 fully saturated rings. The van der Waals surface area contributed by atoms with Crippen LogP contribution in [0.15, 0.2) is 30.6 Å². The van der Waals surface area contributed by atoms with Crippen LogP contribution in [-0.2, 0) is 0 Å². The van der Waals surface area contributed by atoms with Crippen LogP contribution in [-0.4, -0.2) is 10.9 Å². The van der Waals surface area contributed by atoms with Gasteiger partial charge in [-0.3, -0.25) is 0 Å². The fourth-order valence-electron chi connectivity index (χ4n) is 0.942. The van der Waals surface area contributed by atoms with Crippen LogP contribution in [0.25, 0.3) is 0 Å². The molecule has 0 radical (unpaired) electrons. The predicted molar refractivity (Wildman–Crippen MR) is 43.1 cm³/mol. The standard InChI is InChI=1S/C9H12N.2U/c1-8(2)10-7-5-4-6-9(10)3;;/h5-8H,3H2,1-2H3;;/q-1;;. The van der Waals surface area contributed by atoms with Crippen LogP contribution >= 0.6 is 0 Å². The first-order valence-electron chi connectivity index (χ1n) is 3.45. The van der Waals surface area contributed by atoms with Crippen molar-refractivity contribution in [1.82, 2.24) is 4.90 Å². The SMILES string of the molecule is C=C1C=[C-]C=CN1C(C)C.[U].[U]. The van der Waals surface area contributed by atoms with Gasteiger partial charge in [0.15, 0.2) is 0 Å². The molecule has 0 aliphatic carbocycles. The molecule has 0 saturated heterocycles. The molecule has 0 aromatic carbocycles. The Kier molecular flexibility index (Phi) is 9.77. The normalized spacial score (nSPS) is 14.2. The predicted octanol–water partition coefficient (Wildman–Crippen LogP) is 2.10. The molecule has 0 bridgehead atoms. The minimum atomic E-state index is 0. The van der Waals surface area contributed by atoms with Crippen LogP contribution in [0.2, 0.25) is 0 Å². The topological polar surface area (TPSA) is 3.24 Å². The second-order valence-electron chi connectivity index (χ2n) is 2.62. The first kappa shape index (κ1) is 15.6. The van der Waals surface area contributed by atoms with Crippen LogP contribution in [0.5, 0.6) is 0 Å². The van der Waals surface area contributed by atoms with Gasteiger partial charge in [-0.15, -0.1) is 12.8 Å². The summed E-state index contributed by atoms with van der Waals surface area (Å²) in [6, 6.07) is 0.488. The Morgan fingerprint density at radius 1 is 1.42 bits per heavy atom. The van der Waals surface area contributed by atoms with Gasteiger partial charge in [-0.05, 0) is 13.8 Å². The van der Waals surface area contributed by atoms with Gasteiger partial charge in [0, 0.05) is 68.3 Å². The molecule has 1 aliphatic rings. The average molecular weight is 610 g/mol. The average Bonchev–Trinajstić information content (AvgIpc) is 1.88. The molecule has 0 saturated carbocycles. The molecular formula is C9H12NU2-. The van der Waals surface area contributed by atoms with E-state index in [1.807, 2.05) is 18.4 Å². The summed E-state index contributed by atoms with van der Waals surface area (Å²) in [7, 11) is 0. The van der Waals surface area contributed by atoms with Crippen molar-refractivity contribution >= 4 is 0 Å². The van der Waals surface area contributed by atoms with Gasteiger partial charge >= 0.3 is 0 Å². The van der Waals surface area contributed by atoms with Crippen LogP contribution in [0.3, 0.4) is 0 Å². The first-order chi connectivity index (χ1) is 4.72. The molecular weight excluding hydrogens is 598 g/mol. The number of allylic oxidation sites excluding steroid dienone is 3. The van der Waals surface area contributed by atoms with E-state index in [9.17, 15) is 0 Å². The fourth-order valence-corrected chi connectivity index (χ4v) is 0.942. The summed E-state index contributed by atoms with van der Waals surface area (Å²) in [6.45, 7) is 8.14. The quantitative estimate of drug-likeness (QED) is 0.412. The third kappa shape index (κ3) is 4.39. The van der Waals surface area contributed by atoms with E-state index in [1.165, 1.54) is 0 Å². The second-order valence-corrected chi connectivity index (χ2v) is 2.62. The van der Waals surface area contributed by atoms with Crippen LogP contribution in [0.4, 0.5) is 0 Å². The van der Waals surface area contributed by atoms with Crippen molar-refractivity contribution in [2.45, 2.75) is 19.9 Å². The largest absolute Gasteiger partial charge is 0.451 e. The van der Waals surface area contributed by atoms with E-state index in [0.29, 0.717) is 6.04 Å². The van der Waals surface area contributed by atoms with Crippen molar-refractivity contribution in [3.05, 3.63) is 36.7 Å². The summed E-state index contributed by atoms with van der Waals surface area (Å²) in [4.78, 5) is 2.11. The summed E-state index contributed by atoms with van der Waals surface area (Å²) in [5.74, 6) is 0. The zero-order valence-corrected chi connectivity index (χ0v) is 15.8. The fraction of sp³-hybridized carbons (Fsp3) is 0.333. The van der Waals surface area contributed by atoms with E-state index in [-0.39, 0.29) is 62.2 Å². The minimum absolute atomic E-state index is 0. The van der Waals surface area contributed by atoms with E-state index >= 15 is 0 Å². The maximum Gasteiger partial charge on any atom is 0.00497 e. The number of nitrogens with zero attached hydrogens (tertiary/aromatic N) is 1. The van der Waals surface area contributed by atoms with Crippen molar-refractivity contribution in [3.63, 3.8) is 0 Å². The first-order valence-corrected chi connectivity index (χ1v) is 3.45. The summed E-state index contributed by atoms with van der Waals surface area (Å²) in [5, 5.41) is 0. The number of rotatable bonds is 1. The minimum Gasteiger partial charge on any atom is -0.451 e. The van der Waals surface area contributed by atoms with Crippen LogP contribution < -0.4 is 0 Å². The van der Waals surface area contributed by atoms with Gasteiger partial charge in [0.1, 0.15) is 0 Å². The number of hydrogen-bond donors (Lipinski definition) is 0. The molecule has 0 aromatic heterocycles. The third-order valence-electron chi connectivity index (χ3n) is 1.47. The maximum absolute atomic E-state index is 3.87. The molecule has 1 heterocycles. The van der Waals surface area contributed by atoms with E-state index in [4.69, 9.17) is 0 Å². The summed E-state index contributed by atoms with van der Waals surface area (Å²) < 4.78 is 0. The van der Waals surface area contributed by atoms with Crippen molar-refractivity contribution in [2.75, 3.05) is 0 Å². The van der Waals surface area contributed by atoms with Crippen LogP contribution in [0.1, 0.15) is 13.8 Å². The Labute approximate surface area is 122 Å². The molecule has 3 heteroatoms. The Morgan fingerprint density at radius 2 is 2.00 bits per heavy atom. The van der Waals surface area contributed by atoms with Crippen molar-refractivity contribution in [1.29, 1.82) is 0 Å². The van der Waals surface area contributed by atoms with Crippen molar-refractivity contribution < 1.29 is 62.2 Å². The summed E-state index contributed by atoms with van der Waals surface area (Å²) >= 11 is 0. The van der Waals surface area contributed by atoms with Crippen molar-refractivity contribution in [2.24, 2.45) is 0 Å². The molecule has 62 valence electrons. The molecule has 0 atom stereocenters. The van der Waals surface area contributed by atoms with Gasteiger partial charge in [0.25, 0.3) is 0 Å². The Balaban J connectivity index is 0. The zero-order chi connectivity index (χ0) is 7.56. The summed E-state index contributed by atoms with van der Waals surface area (Å²) in [6.07, 6.45) is 8.75. The Morgan fingerprint density at radius 3 is 2.33 bits per heavy atom. The van der Waals surface area contributed by atoms with Gasteiger partial charge in [0.05, 0.1) is 0 Å². The summed E-state index contributed by atoms with van der Waals surface area (Å²) in [5.41, 5.74) is 1.01. The van der Waals surface area contributed by atoms with E-state index in [1.54, 1.807) is 0 Å². The van der Waals surface area contributed by atoms with Gasteiger partial charge in [-0.2, -0.15) is 18.2 Å². The molecule has 0 aromatic rings. The molecule has 0 amide bonds. The third-order valence-corrected chi connectivity index (χ3v) is 1.47. The Bertz CT molecular complexity index is 195. The number of hydrogen-bond acceptors (Lipinski definition) is 1. The van der Waals surface area contributed by atoms with E-state index in [2.05, 4.69) is 31.4 Å². The Hall–Kier alpha value is 1.12. The smallest absolute Gasteiger partial charge is 0.00497 e. The van der Waals surface area contributed by atoms with Gasteiger partial charge in [-0.25, -0.2) is 0 Å². The molecule has 0 N–H and O–H groups in total. The van der Waals surface area contributed by atoms with Crippen molar-refractivity contribution in [3.8, 4) is 0 Å². The molecule has 1 nitrogen and oxygen atoms in total. The van der Waals surface area contributed by atoms with Gasteiger partial charge < -0.3 is 4.90 Å². The molecule has 0 unspecified atom stereocenters.